The Morgan fingerprint density at radius 3 is 2.56 bits per heavy atom. The van der Waals surface area contributed by atoms with Gasteiger partial charge in [-0.2, -0.15) is 0 Å². The Morgan fingerprint density at radius 1 is 1.31 bits per heavy atom. The summed E-state index contributed by atoms with van der Waals surface area (Å²) < 4.78 is 0. The summed E-state index contributed by atoms with van der Waals surface area (Å²) in [7, 11) is 0. The summed E-state index contributed by atoms with van der Waals surface area (Å²) in [6.45, 7) is 3.25. The number of carbonyl (C=O) groups excluding carboxylic acids is 2. The first kappa shape index (κ1) is 11.6. The van der Waals surface area contributed by atoms with E-state index in [1.807, 2.05) is 0 Å². The maximum Gasteiger partial charge on any atom is 0.229 e. The predicted octanol–water partition coefficient (Wildman–Crippen LogP) is 2.15. The number of hydrogen-bond acceptors (Lipinski definition) is 2. The molecule has 90 valence electrons. The molecule has 0 radical (unpaired) electrons. The second-order valence-electron chi connectivity index (χ2n) is 5.21. The second kappa shape index (κ2) is 4.56. The first-order valence-electron chi connectivity index (χ1n) is 6.49. The normalized spacial score (nSPS) is 24.8. The zero-order valence-electron chi connectivity index (χ0n) is 10.1. The summed E-state index contributed by atoms with van der Waals surface area (Å²) in [6.07, 6.45) is 6.81. The third kappa shape index (κ3) is 2.00. The topological polar surface area (TPSA) is 37.4 Å². The number of likely N-dealkylation sites (tertiary alicyclic amines) is 1. The van der Waals surface area contributed by atoms with Crippen molar-refractivity contribution in [2.24, 2.45) is 5.41 Å². The fraction of sp³-hybridized carbons (Fsp3) is 0.846. The Bertz CT molecular complexity index is 292. The van der Waals surface area contributed by atoms with Crippen molar-refractivity contribution < 1.29 is 9.59 Å². The van der Waals surface area contributed by atoms with Crippen LogP contribution < -0.4 is 0 Å². The van der Waals surface area contributed by atoms with E-state index in [9.17, 15) is 9.59 Å². The van der Waals surface area contributed by atoms with Crippen LogP contribution in [0.3, 0.4) is 0 Å². The molecule has 3 nitrogen and oxygen atoms in total. The van der Waals surface area contributed by atoms with Gasteiger partial charge in [0.2, 0.25) is 5.91 Å². The number of carbonyl (C=O) groups is 2. The van der Waals surface area contributed by atoms with Gasteiger partial charge in [-0.3, -0.25) is 9.59 Å². The maximum atomic E-state index is 12.5. The van der Waals surface area contributed by atoms with Crippen LogP contribution in [-0.4, -0.2) is 29.7 Å². The van der Waals surface area contributed by atoms with Crippen LogP contribution >= 0.6 is 0 Å². The molecule has 1 heterocycles. The third-order valence-corrected chi connectivity index (χ3v) is 4.23. The van der Waals surface area contributed by atoms with Crippen LogP contribution in [0.15, 0.2) is 0 Å². The first-order valence-corrected chi connectivity index (χ1v) is 6.49. The van der Waals surface area contributed by atoms with E-state index in [0.29, 0.717) is 13.0 Å². The van der Waals surface area contributed by atoms with Gasteiger partial charge >= 0.3 is 0 Å². The van der Waals surface area contributed by atoms with Gasteiger partial charge in [-0.25, -0.2) is 0 Å². The molecular formula is C13H21NO2. The van der Waals surface area contributed by atoms with E-state index in [1.54, 1.807) is 4.90 Å². The lowest BCUT2D eigenvalue weighted by molar-refractivity contribution is -0.146. The van der Waals surface area contributed by atoms with Gasteiger partial charge in [0, 0.05) is 18.4 Å². The van der Waals surface area contributed by atoms with Crippen molar-refractivity contribution >= 4 is 11.7 Å². The summed E-state index contributed by atoms with van der Waals surface area (Å²) in [5, 5.41) is 0. The molecule has 2 fully saturated rings. The van der Waals surface area contributed by atoms with Gasteiger partial charge in [-0.05, 0) is 25.7 Å². The van der Waals surface area contributed by atoms with Gasteiger partial charge in [0.15, 0.2) is 5.78 Å². The largest absolute Gasteiger partial charge is 0.335 e. The highest BCUT2D eigenvalue weighted by Crippen LogP contribution is 2.42. The fourth-order valence-corrected chi connectivity index (χ4v) is 3.12. The molecule has 16 heavy (non-hydrogen) atoms. The van der Waals surface area contributed by atoms with Crippen LogP contribution in [0.1, 0.15) is 51.9 Å². The van der Waals surface area contributed by atoms with Gasteiger partial charge in [0.1, 0.15) is 0 Å². The fourth-order valence-electron chi connectivity index (χ4n) is 3.12. The van der Waals surface area contributed by atoms with E-state index >= 15 is 0 Å². The van der Waals surface area contributed by atoms with E-state index < -0.39 is 0 Å². The standard InChI is InChI=1S/C13H21NO2/c1-2-13(7-3-4-8-13)12(16)14-9-5-6-11(15)10-14/h2-10H2,1H3. The summed E-state index contributed by atoms with van der Waals surface area (Å²) >= 11 is 0. The molecule has 0 N–H and O–H groups in total. The zero-order chi connectivity index (χ0) is 11.6. The molecule has 0 aromatic rings. The van der Waals surface area contributed by atoms with E-state index in [1.165, 1.54) is 12.8 Å². The van der Waals surface area contributed by atoms with E-state index in [2.05, 4.69) is 6.92 Å². The molecule has 1 saturated carbocycles. The van der Waals surface area contributed by atoms with Gasteiger partial charge in [-0.1, -0.05) is 19.8 Å². The van der Waals surface area contributed by atoms with E-state index in [0.717, 1.165) is 32.2 Å². The van der Waals surface area contributed by atoms with Gasteiger partial charge in [0.05, 0.1) is 6.54 Å². The van der Waals surface area contributed by atoms with Crippen molar-refractivity contribution in [3.63, 3.8) is 0 Å². The van der Waals surface area contributed by atoms with Crippen LogP contribution in [0.2, 0.25) is 0 Å². The number of piperidine rings is 1. The van der Waals surface area contributed by atoms with Crippen molar-refractivity contribution in [2.45, 2.75) is 51.9 Å². The molecule has 2 rings (SSSR count). The minimum atomic E-state index is -0.127. The Hall–Kier alpha value is -0.860. The van der Waals surface area contributed by atoms with Crippen molar-refractivity contribution in [1.82, 2.24) is 4.90 Å². The Kier molecular flexibility index (Phi) is 3.31. The molecule has 1 aliphatic heterocycles. The van der Waals surface area contributed by atoms with Gasteiger partial charge in [-0.15, -0.1) is 0 Å². The summed E-state index contributed by atoms with van der Waals surface area (Å²) in [5.41, 5.74) is -0.127. The third-order valence-electron chi connectivity index (χ3n) is 4.23. The lowest BCUT2D eigenvalue weighted by Gasteiger charge is -2.35. The van der Waals surface area contributed by atoms with Crippen LogP contribution in [0.5, 0.6) is 0 Å². The Labute approximate surface area is 97.2 Å². The highest BCUT2D eigenvalue weighted by atomic mass is 16.2. The first-order chi connectivity index (χ1) is 7.68. The van der Waals surface area contributed by atoms with Crippen LogP contribution in [0.25, 0.3) is 0 Å². The average molecular weight is 223 g/mol. The van der Waals surface area contributed by atoms with Crippen LogP contribution in [-0.2, 0) is 9.59 Å². The highest BCUT2D eigenvalue weighted by Gasteiger charge is 2.42. The highest BCUT2D eigenvalue weighted by molar-refractivity contribution is 5.89. The van der Waals surface area contributed by atoms with Gasteiger partial charge < -0.3 is 4.90 Å². The zero-order valence-corrected chi connectivity index (χ0v) is 10.1. The molecule has 0 aromatic carbocycles. The van der Waals surface area contributed by atoms with Crippen molar-refractivity contribution in [3.05, 3.63) is 0 Å². The SMILES string of the molecule is CCC1(C(=O)N2CCCC(=O)C2)CCCC1. The number of Topliss-reactive ketones (excluding diaryl/α,β-unsaturated/α-hetero) is 1. The average Bonchev–Trinajstić information content (AvgIpc) is 2.78. The lowest BCUT2D eigenvalue weighted by Crippen LogP contribution is -2.47. The summed E-state index contributed by atoms with van der Waals surface area (Å²) in [6, 6.07) is 0. The van der Waals surface area contributed by atoms with Crippen LogP contribution in [0, 0.1) is 5.41 Å². The van der Waals surface area contributed by atoms with Crippen molar-refractivity contribution in [2.75, 3.05) is 13.1 Å². The molecule has 0 unspecified atom stereocenters. The monoisotopic (exact) mass is 223 g/mol. The summed E-state index contributed by atoms with van der Waals surface area (Å²) in [4.78, 5) is 25.7. The molecule has 3 heteroatoms. The quantitative estimate of drug-likeness (QED) is 0.719. The number of ketones is 1. The molecule has 1 saturated heterocycles. The smallest absolute Gasteiger partial charge is 0.229 e. The molecule has 0 atom stereocenters. The number of hydrogen-bond donors (Lipinski definition) is 0. The molecule has 0 spiro atoms. The van der Waals surface area contributed by atoms with E-state index in [-0.39, 0.29) is 17.1 Å². The molecule has 0 aromatic heterocycles. The number of amides is 1. The number of rotatable bonds is 2. The maximum absolute atomic E-state index is 12.5. The minimum absolute atomic E-state index is 0.127. The predicted molar refractivity (Wildman–Crippen MR) is 62.0 cm³/mol. The molecule has 2 aliphatic rings. The van der Waals surface area contributed by atoms with Crippen molar-refractivity contribution in [3.8, 4) is 0 Å². The molecule has 0 bridgehead atoms. The van der Waals surface area contributed by atoms with Crippen molar-refractivity contribution in [1.29, 1.82) is 0 Å². The Morgan fingerprint density at radius 2 is 2.00 bits per heavy atom. The minimum Gasteiger partial charge on any atom is -0.335 e. The van der Waals surface area contributed by atoms with Crippen LogP contribution in [0.4, 0.5) is 0 Å². The van der Waals surface area contributed by atoms with E-state index in [4.69, 9.17) is 0 Å². The van der Waals surface area contributed by atoms with Gasteiger partial charge in [0.25, 0.3) is 0 Å². The molecular weight excluding hydrogens is 202 g/mol. The Balaban J connectivity index is 2.07. The summed E-state index contributed by atoms with van der Waals surface area (Å²) in [5.74, 6) is 0.476. The molecule has 1 aliphatic carbocycles. The second-order valence-corrected chi connectivity index (χ2v) is 5.21. The molecule has 1 amide bonds. The number of nitrogens with zero attached hydrogens (tertiary/aromatic N) is 1. The lowest BCUT2D eigenvalue weighted by atomic mass is 9.81.